The molecular weight excluding hydrogens is 354 g/mol. The zero-order valence-electron chi connectivity index (χ0n) is 16.3. The van der Waals surface area contributed by atoms with Crippen molar-refractivity contribution in [1.82, 2.24) is 9.80 Å². The van der Waals surface area contributed by atoms with E-state index in [0.717, 1.165) is 12.8 Å². The summed E-state index contributed by atoms with van der Waals surface area (Å²) >= 11 is 0. The standard InChI is InChI=1S/C22H29N3O3/c23-17(13-15-7-3-1-4-8-15)22(28)24-12-11-18-20(24)19(26)14-25(18)21(27)16-9-5-2-6-10-16/h2,5-6,9-10,15,17-18,20H,1,3-4,7-8,11-14,23H2/t17-,18?,20?/m0/s1. The van der Waals surface area contributed by atoms with Crippen molar-refractivity contribution in [2.45, 2.75) is 63.1 Å². The summed E-state index contributed by atoms with van der Waals surface area (Å²) in [5, 5.41) is 0. The summed E-state index contributed by atoms with van der Waals surface area (Å²) < 4.78 is 0. The maximum atomic E-state index is 13.0. The van der Waals surface area contributed by atoms with Crippen LogP contribution in [-0.4, -0.2) is 58.6 Å². The van der Waals surface area contributed by atoms with Gasteiger partial charge in [-0.25, -0.2) is 0 Å². The lowest BCUT2D eigenvalue weighted by Gasteiger charge is -2.29. The number of carbonyl (C=O) groups is 3. The Hall–Kier alpha value is -2.21. The molecule has 1 aromatic rings. The van der Waals surface area contributed by atoms with Gasteiger partial charge in [-0.15, -0.1) is 0 Å². The van der Waals surface area contributed by atoms with Crippen LogP contribution in [0.2, 0.25) is 0 Å². The molecule has 6 nitrogen and oxygen atoms in total. The SMILES string of the molecule is N[C@@H](CC1CCCCC1)C(=O)N1CCC2C1C(=O)CN2C(=O)c1ccccc1. The van der Waals surface area contributed by atoms with E-state index in [1.54, 1.807) is 21.9 Å². The Labute approximate surface area is 166 Å². The molecular formula is C22H29N3O3. The van der Waals surface area contributed by atoms with E-state index < -0.39 is 12.1 Å². The highest BCUT2D eigenvalue weighted by molar-refractivity contribution is 6.02. The number of hydrogen-bond donors (Lipinski definition) is 1. The van der Waals surface area contributed by atoms with E-state index in [4.69, 9.17) is 5.73 Å². The number of nitrogens with two attached hydrogens (primary N) is 1. The molecule has 3 aliphatic rings. The van der Waals surface area contributed by atoms with Crippen LogP contribution in [0.4, 0.5) is 0 Å². The van der Waals surface area contributed by atoms with E-state index in [0.29, 0.717) is 30.9 Å². The molecule has 0 radical (unpaired) electrons. The lowest BCUT2D eigenvalue weighted by molar-refractivity contribution is -0.137. The Kier molecular flexibility index (Phi) is 5.49. The van der Waals surface area contributed by atoms with Gasteiger partial charge in [-0.2, -0.15) is 0 Å². The van der Waals surface area contributed by atoms with Crippen molar-refractivity contribution in [1.29, 1.82) is 0 Å². The first-order valence-electron chi connectivity index (χ1n) is 10.5. The predicted octanol–water partition coefficient (Wildman–Crippen LogP) is 1.98. The summed E-state index contributed by atoms with van der Waals surface area (Å²) in [4.78, 5) is 41.8. The molecule has 2 amide bonds. The van der Waals surface area contributed by atoms with Crippen LogP contribution in [0.25, 0.3) is 0 Å². The number of fused-ring (bicyclic) bond motifs is 1. The van der Waals surface area contributed by atoms with E-state index in [2.05, 4.69) is 0 Å². The van der Waals surface area contributed by atoms with Crippen LogP contribution in [0.1, 0.15) is 55.3 Å². The van der Waals surface area contributed by atoms with E-state index in [-0.39, 0.29) is 30.2 Å². The van der Waals surface area contributed by atoms with Crippen LogP contribution in [0, 0.1) is 5.92 Å². The summed E-state index contributed by atoms with van der Waals surface area (Å²) in [6, 6.07) is 7.71. The third kappa shape index (κ3) is 3.58. The molecule has 2 aliphatic heterocycles. The van der Waals surface area contributed by atoms with Crippen molar-refractivity contribution < 1.29 is 14.4 Å². The van der Waals surface area contributed by atoms with Gasteiger partial charge >= 0.3 is 0 Å². The smallest absolute Gasteiger partial charge is 0.254 e. The van der Waals surface area contributed by atoms with Crippen molar-refractivity contribution in [2.24, 2.45) is 11.7 Å². The predicted molar refractivity (Wildman–Crippen MR) is 106 cm³/mol. The van der Waals surface area contributed by atoms with Crippen molar-refractivity contribution in [3.8, 4) is 0 Å². The minimum absolute atomic E-state index is 0.0509. The molecule has 0 bridgehead atoms. The Morgan fingerprint density at radius 1 is 1.04 bits per heavy atom. The summed E-state index contributed by atoms with van der Waals surface area (Å²) in [5.74, 6) is 0.203. The third-order valence-corrected chi connectivity index (χ3v) is 6.62. The largest absolute Gasteiger partial charge is 0.329 e. The van der Waals surface area contributed by atoms with Crippen LogP contribution in [0.3, 0.4) is 0 Å². The molecule has 0 spiro atoms. The summed E-state index contributed by atoms with van der Waals surface area (Å²) in [6.07, 6.45) is 7.33. The minimum Gasteiger partial charge on any atom is -0.329 e. The average molecular weight is 383 g/mol. The fourth-order valence-corrected chi connectivity index (χ4v) is 5.18. The lowest BCUT2D eigenvalue weighted by Crippen LogP contribution is -2.50. The summed E-state index contributed by atoms with van der Waals surface area (Å²) in [7, 11) is 0. The van der Waals surface area contributed by atoms with Gasteiger partial charge < -0.3 is 15.5 Å². The zero-order chi connectivity index (χ0) is 19.7. The van der Waals surface area contributed by atoms with E-state index >= 15 is 0 Å². The van der Waals surface area contributed by atoms with Gasteiger partial charge in [0, 0.05) is 12.1 Å². The third-order valence-electron chi connectivity index (χ3n) is 6.62. The molecule has 2 unspecified atom stereocenters. The number of benzene rings is 1. The molecule has 6 heteroatoms. The molecule has 28 heavy (non-hydrogen) atoms. The second-order valence-corrected chi connectivity index (χ2v) is 8.44. The number of likely N-dealkylation sites (tertiary alicyclic amines) is 2. The van der Waals surface area contributed by atoms with Gasteiger partial charge in [-0.3, -0.25) is 14.4 Å². The first kappa shape index (κ1) is 19.1. The molecule has 3 atom stereocenters. The van der Waals surface area contributed by atoms with Crippen molar-refractivity contribution in [2.75, 3.05) is 13.1 Å². The quantitative estimate of drug-likeness (QED) is 0.862. The number of rotatable bonds is 4. The van der Waals surface area contributed by atoms with Gasteiger partial charge in [-0.05, 0) is 30.9 Å². The number of amides is 2. The van der Waals surface area contributed by atoms with E-state index in [1.165, 1.54) is 19.3 Å². The molecule has 2 heterocycles. The van der Waals surface area contributed by atoms with Crippen molar-refractivity contribution >= 4 is 17.6 Å². The average Bonchev–Trinajstić information content (AvgIpc) is 3.30. The molecule has 150 valence electrons. The van der Waals surface area contributed by atoms with Gasteiger partial charge in [0.15, 0.2) is 5.78 Å². The van der Waals surface area contributed by atoms with Crippen molar-refractivity contribution in [3.63, 3.8) is 0 Å². The van der Waals surface area contributed by atoms with Gasteiger partial charge in [-0.1, -0.05) is 50.3 Å². The second kappa shape index (κ2) is 8.03. The fourth-order valence-electron chi connectivity index (χ4n) is 5.18. The molecule has 1 aliphatic carbocycles. The van der Waals surface area contributed by atoms with Crippen LogP contribution < -0.4 is 5.73 Å². The minimum atomic E-state index is -0.548. The summed E-state index contributed by atoms with van der Waals surface area (Å²) in [6.45, 7) is 0.571. The van der Waals surface area contributed by atoms with Crippen molar-refractivity contribution in [3.05, 3.63) is 35.9 Å². The maximum absolute atomic E-state index is 13.0. The topological polar surface area (TPSA) is 83.7 Å². The normalized spacial score (nSPS) is 26.4. The Balaban J connectivity index is 1.43. The molecule has 2 saturated heterocycles. The van der Waals surface area contributed by atoms with Crippen LogP contribution in [0.15, 0.2) is 30.3 Å². The highest BCUT2D eigenvalue weighted by Gasteiger charge is 2.51. The monoisotopic (exact) mass is 383 g/mol. The zero-order valence-corrected chi connectivity index (χ0v) is 16.3. The molecule has 4 rings (SSSR count). The van der Waals surface area contributed by atoms with Gasteiger partial charge in [0.05, 0.1) is 18.6 Å². The Bertz CT molecular complexity index is 745. The molecule has 0 aromatic heterocycles. The highest BCUT2D eigenvalue weighted by atomic mass is 16.2. The van der Waals surface area contributed by atoms with Gasteiger partial charge in [0.2, 0.25) is 5.91 Å². The Morgan fingerprint density at radius 2 is 1.75 bits per heavy atom. The maximum Gasteiger partial charge on any atom is 0.254 e. The number of nitrogens with zero attached hydrogens (tertiary/aromatic N) is 2. The molecule has 3 fully saturated rings. The van der Waals surface area contributed by atoms with Gasteiger partial charge in [0.1, 0.15) is 6.04 Å². The molecule has 1 saturated carbocycles. The highest BCUT2D eigenvalue weighted by Crippen LogP contribution is 2.32. The Morgan fingerprint density at radius 3 is 2.46 bits per heavy atom. The second-order valence-electron chi connectivity index (χ2n) is 8.44. The lowest BCUT2D eigenvalue weighted by atomic mass is 9.84. The summed E-state index contributed by atoms with van der Waals surface area (Å²) in [5.41, 5.74) is 6.84. The number of ketones is 1. The first-order chi connectivity index (χ1) is 13.6. The van der Waals surface area contributed by atoms with Crippen LogP contribution in [0.5, 0.6) is 0 Å². The first-order valence-corrected chi connectivity index (χ1v) is 10.5. The van der Waals surface area contributed by atoms with Gasteiger partial charge in [0.25, 0.3) is 5.91 Å². The van der Waals surface area contributed by atoms with Crippen LogP contribution >= 0.6 is 0 Å². The van der Waals surface area contributed by atoms with E-state index in [9.17, 15) is 14.4 Å². The van der Waals surface area contributed by atoms with E-state index in [1.807, 2.05) is 18.2 Å². The molecule has 2 N–H and O–H groups in total. The number of hydrogen-bond acceptors (Lipinski definition) is 4. The molecule has 1 aromatic carbocycles. The fraction of sp³-hybridized carbons (Fsp3) is 0.591. The number of carbonyl (C=O) groups excluding carboxylic acids is 3. The van der Waals surface area contributed by atoms with Crippen LogP contribution in [-0.2, 0) is 9.59 Å². The number of Topliss-reactive ketones (excluding diaryl/α,β-unsaturated/α-hetero) is 1.